The normalized spacial score (nSPS) is 15.2. The number of hydrogen-bond acceptors (Lipinski definition) is 2. The van der Waals surface area contributed by atoms with Crippen LogP contribution in [0.4, 0.5) is 4.39 Å². The Bertz CT molecular complexity index is 684. The standard InChI is InChI=1S/C16H16ClFN2O/c1-16(2,9-21)20-8-11(10-6-7-10)15(19-20)14-12(17)4-3-5-13(14)18/h3-5,8-10H,6-7H2,1-2H3. The van der Waals surface area contributed by atoms with E-state index in [1.165, 1.54) is 6.07 Å². The highest BCUT2D eigenvalue weighted by molar-refractivity contribution is 6.33. The fourth-order valence-corrected chi connectivity index (χ4v) is 2.60. The van der Waals surface area contributed by atoms with Crippen LogP contribution in [0.2, 0.25) is 5.02 Å². The van der Waals surface area contributed by atoms with Crippen LogP contribution in [0.1, 0.15) is 38.2 Å². The molecule has 1 aromatic heterocycles. The van der Waals surface area contributed by atoms with Crippen LogP contribution in [0.15, 0.2) is 24.4 Å². The zero-order valence-corrected chi connectivity index (χ0v) is 12.7. The van der Waals surface area contributed by atoms with Crippen molar-refractivity contribution < 1.29 is 9.18 Å². The lowest BCUT2D eigenvalue weighted by Gasteiger charge is -2.17. The van der Waals surface area contributed by atoms with Crippen molar-refractivity contribution in [2.45, 2.75) is 38.1 Å². The zero-order chi connectivity index (χ0) is 15.2. The quantitative estimate of drug-likeness (QED) is 0.795. The molecule has 0 atom stereocenters. The zero-order valence-electron chi connectivity index (χ0n) is 11.9. The van der Waals surface area contributed by atoms with E-state index in [0.717, 1.165) is 24.7 Å². The van der Waals surface area contributed by atoms with Crippen molar-refractivity contribution in [1.82, 2.24) is 9.78 Å². The van der Waals surface area contributed by atoms with Crippen LogP contribution in [0.25, 0.3) is 11.3 Å². The molecule has 3 nitrogen and oxygen atoms in total. The molecule has 0 N–H and O–H groups in total. The van der Waals surface area contributed by atoms with Crippen LogP contribution in [-0.4, -0.2) is 16.1 Å². The maximum Gasteiger partial charge on any atom is 0.147 e. The number of rotatable bonds is 4. The predicted octanol–water partition coefficient (Wildman–Crippen LogP) is 4.15. The molecule has 110 valence electrons. The molecule has 0 amide bonds. The van der Waals surface area contributed by atoms with Crippen LogP contribution in [0.3, 0.4) is 0 Å². The largest absolute Gasteiger partial charge is 0.301 e. The van der Waals surface area contributed by atoms with Gasteiger partial charge in [-0.15, -0.1) is 0 Å². The summed E-state index contributed by atoms with van der Waals surface area (Å²) in [5.74, 6) is -0.00886. The molecule has 0 radical (unpaired) electrons. The summed E-state index contributed by atoms with van der Waals surface area (Å²) in [7, 11) is 0. The minimum atomic E-state index is -0.764. The van der Waals surface area contributed by atoms with E-state index in [1.54, 1.807) is 30.7 Å². The number of carbonyl (C=O) groups excluding carboxylic acids is 1. The third-order valence-electron chi connectivity index (χ3n) is 3.84. The van der Waals surface area contributed by atoms with Gasteiger partial charge in [0.05, 0.1) is 10.6 Å². The van der Waals surface area contributed by atoms with E-state index in [9.17, 15) is 9.18 Å². The topological polar surface area (TPSA) is 34.9 Å². The molecule has 0 spiro atoms. The van der Waals surface area contributed by atoms with Gasteiger partial charge in [0.1, 0.15) is 23.3 Å². The van der Waals surface area contributed by atoms with E-state index >= 15 is 0 Å². The third kappa shape index (κ3) is 2.48. The lowest BCUT2D eigenvalue weighted by molar-refractivity contribution is -0.114. The molecule has 0 aliphatic heterocycles. The van der Waals surface area contributed by atoms with Gasteiger partial charge in [0.15, 0.2) is 0 Å². The molecule has 1 fully saturated rings. The number of aldehydes is 1. The second-order valence-electron chi connectivity index (χ2n) is 6.02. The van der Waals surface area contributed by atoms with Gasteiger partial charge >= 0.3 is 0 Å². The van der Waals surface area contributed by atoms with Crippen molar-refractivity contribution in [3.63, 3.8) is 0 Å². The fourth-order valence-electron chi connectivity index (χ4n) is 2.35. The van der Waals surface area contributed by atoms with Crippen LogP contribution >= 0.6 is 11.6 Å². The molecule has 1 aliphatic rings. The summed E-state index contributed by atoms with van der Waals surface area (Å²) in [6.07, 6.45) is 4.81. The van der Waals surface area contributed by atoms with Crippen molar-refractivity contribution in [1.29, 1.82) is 0 Å². The number of nitrogens with zero attached hydrogens (tertiary/aromatic N) is 2. The molecule has 0 unspecified atom stereocenters. The van der Waals surface area contributed by atoms with Crippen molar-refractivity contribution >= 4 is 17.9 Å². The van der Waals surface area contributed by atoms with Crippen molar-refractivity contribution in [3.8, 4) is 11.3 Å². The second-order valence-corrected chi connectivity index (χ2v) is 6.43. The number of hydrogen-bond donors (Lipinski definition) is 0. The van der Waals surface area contributed by atoms with Crippen LogP contribution < -0.4 is 0 Å². The second kappa shape index (κ2) is 4.95. The molecule has 3 rings (SSSR count). The number of benzene rings is 1. The van der Waals surface area contributed by atoms with Crippen LogP contribution in [-0.2, 0) is 10.3 Å². The van der Waals surface area contributed by atoms with Gasteiger partial charge in [0.2, 0.25) is 0 Å². The van der Waals surface area contributed by atoms with E-state index in [4.69, 9.17) is 11.6 Å². The summed E-state index contributed by atoms with van der Waals surface area (Å²) in [6, 6.07) is 4.60. The summed E-state index contributed by atoms with van der Waals surface area (Å²) >= 11 is 6.16. The average Bonchev–Trinajstić information content (AvgIpc) is 3.19. The minimum Gasteiger partial charge on any atom is -0.301 e. The fraction of sp³-hybridized carbons (Fsp3) is 0.375. The Morgan fingerprint density at radius 3 is 2.71 bits per heavy atom. The summed E-state index contributed by atoms with van der Waals surface area (Å²) < 4.78 is 15.8. The van der Waals surface area contributed by atoms with Gasteiger partial charge in [-0.3, -0.25) is 4.68 Å². The average molecular weight is 307 g/mol. The Morgan fingerprint density at radius 2 is 2.14 bits per heavy atom. The molecule has 2 aromatic rings. The first-order valence-corrected chi connectivity index (χ1v) is 7.32. The van der Waals surface area contributed by atoms with Gasteiger partial charge in [-0.2, -0.15) is 5.10 Å². The molecule has 21 heavy (non-hydrogen) atoms. The third-order valence-corrected chi connectivity index (χ3v) is 4.15. The van der Waals surface area contributed by atoms with E-state index in [-0.39, 0.29) is 0 Å². The first-order valence-electron chi connectivity index (χ1n) is 6.95. The first-order chi connectivity index (χ1) is 9.94. The van der Waals surface area contributed by atoms with Crippen LogP contribution in [0, 0.1) is 5.82 Å². The molecule has 0 saturated heterocycles. The molecule has 1 heterocycles. The molecule has 1 aliphatic carbocycles. The Kier molecular flexibility index (Phi) is 3.36. The van der Waals surface area contributed by atoms with Crippen molar-refractivity contribution in [2.24, 2.45) is 0 Å². The molecule has 0 bridgehead atoms. The molecular weight excluding hydrogens is 291 g/mol. The minimum absolute atomic E-state index is 0.321. The smallest absolute Gasteiger partial charge is 0.147 e. The van der Waals surface area contributed by atoms with E-state index in [2.05, 4.69) is 5.10 Å². The summed E-state index contributed by atoms with van der Waals surface area (Å²) in [5, 5.41) is 4.81. The highest BCUT2D eigenvalue weighted by atomic mass is 35.5. The Labute approximate surface area is 127 Å². The maximum absolute atomic E-state index is 14.2. The van der Waals surface area contributed by atoms with E-state index < -0.39 is 11.4 Å². The predicted molar refractivity (Wildman–Crippen MR) is 80.0 cm³/mol. The Balaban J connectivity index is 2.20. The molecule has 1 aromatic carbocycles. The highest BCUT2D eigenvalue weighted by Gasteiger charge is 2.33. The van der Waals surface area contributed by atoms with Gasteiger partial charge in [-0.25, -0.2) is 4.39 Å². The summed E-state index contributed by atoms with van der Waals surface area (Å²) in [6.45, 7) is 3.55. The summed E-state index contributed by atoms with van der Waals surface area (Å²) in [4.78, 5) is 11.2. The Morgan fingerprint density at radius 1 is 1.43 bits per heavy atom. The van der Waals surface area contributed by atoms with E-state index in [0.29, 0.717) is 22.2 Å². The number of halogens is 2. The summed E-state index contributed by atoms with van der Waals surface area (Å²) in [5.41, 5.74) is 1.08. The van der Waals surface area contributed by atoms with Crippen molar-refractivity contribution in [3.05, 3.63) is 40.8 Å². The monoisotopic (exact) mass is 306 g/mol. The molecule has 5 heteroatoms. The lowest BCUT2D eigenvalue weighted by atomic mass is 10.0. The number of carbonyl (C=O) groups is 1. The molecular formula is C16H16ClFN2O. The highest BCUT2D eigenvalue weighted by Crippen LogP contribution is 2.46. The number of aromatic nitrogens is 2. The van der Waals surface area contributed by atoms with E-state index in [1.807, 2.05) is 6.20 Å². The first kappa shape index (κ1) is 14.3. The molecule has 1 saturated carbocycles. The van der Waals surface area contributed by atoms with Crippen LogP contribution in [0.5, 0.6) is 0 Å². The Hall–Kier alpha value is -1.68. The lowest BCUT2D eigenvalue weighted by Crippen LogP contribution is -2.28. The van der Waals surface area contributed by atoms with Gasteiger partial charge in [0, 0.05) is 11.8 Å². The van der Waals surface area contributed by atoms with Gasteiger partial charge in [-0.1, -0.05) is 17.7 Å². The van der Waals surface area contributed by atoms with Gasteiger partial charge < -0.3 is 4.79 Å². The SMILES string of the molecule is CC(C)(C=O)n1cc(C2CC2)c(-c2c(F)cccc2Cl)n1. The van der Waals surface area contributed by atoms with Crippen molar-refractivity contribution in [2.75, 3.05) is 0 Å². The maximum atomic E-state index is 14.2. The van der Waals surface area contributed by atoms with Gasteiger partial charge in [0.25, 0.3) is 0 Å². The van der Waals surface area contributed by atoms with Gasteiger partial charge in [-0.05, 0) is 44.7 Å².